The molecule has 152 valence electrons. The Bertz CT molecular complexity index is 1090. The summed E-state index contributed by atoms with van der Waals surface area (Å²) in [5, 5.41) is 12.2. The second kappa shape index (κ2) is 7.76. The summed E-state index contributed by atoms with van der Waals surface area (Å²) in [6, 6.07) is 3.14. The van der Waals surface area contributed by atoms with E-state index < -0.39 is 11.4 Å². The Hall–Kier alpha value is -1.86. The first-order valence-electron chi connectivity index (χ1n) is 9.41. The van der Waals surface area contributed by atoms with E-state index in [1.54, 1.807) is 12.3 Å². The van der Waals surface area contributed by atoms with Gasteiger partial charge in [-0.3, -0.25) is 4.98 Å². The summed E-state index contributed by atoms with van der Waals surface area (Å²) in [6.45, 7) is 4.96. The van der Waals surface area contributed by atoms with Gasteiger partial charge in [0.25, 0.3) is 0 Å². The van der Waals surface area contributed by atoms with Gasteiger partial charge < -0.3 is 9.84 Å². The topological polar surface area (TPSA) is 68.1 Å². The summed E-state index contributed by atoms with van der Waals surface area (Å²) < 4.78 is 20.4. The number of aromatic nitrogens is 3. The number of hydrogen-bond acceptors (Lipinski definition) is 5. The van der Waals surface area contributed by atoms with Crippen LogP contribution in [0.25, 0.3) is 22.2 Å². The maximum Gasteiger partial charge on any atom is 0.222 e. The normalized spacial score (nSPS) is 16.5. The lowest BCUT2D eigenvalue weighted by Crippen LogP contribution is -2.34. The maximum absolute atomic E-state index is 15.0. The Morgan fingerprint density at radius 3 is 2.55 bits per heavy atom. The zero-order chi connectivity index (χ0) is 20.8. The lowest BCUT2D eigenvalue weighted by atomic mass is 9.80. The SMILES string of the molecule is CC(C)c1c(C2(O)CCOCC2)cnc2c(F)cc(-c3nc(Cl)ncc3Cl)cc12. The molecule has 4 rings (SSSR count). The van der Waals surface area contributed by atoms with Crippen LogP contribution in [-0.2, 0) is 10.3 Å². The molecule has 8 heteroatoms. The van der Waals surface area contributed by atoms with Gasteiger partial charge in [0.1, 0.15) is 11.3 Å². The van der Waals surface area contributed by atoms with Gasteiger partial charge in [-0.1, -0.05) is 25.4 Å². The van der Waals surface area contributed by atoms with Crippen LogP contribution in [0.4, 0.5) is 4.39 Å². The van der Waals surface area contributed by atoms with Gasteiger partial charge in [-0.2, -0.15) is 0 Å². The zero-order valence-corrected chi connectivity index (χ0v) is 17.6. The molecule has 0 aliphatic carbocycles. The monoisotopic (exact) mass is 435 g/mol. The molecule has 3 heterocycles. The third kappa shape index (κ3) is 3.70. The van der Waals surface area contributed by atoms with Crippen LogP contribution in [0.5, 0.6) is 0 Å². The molecular weight excluding hydrogens is 416 g/mol. The standard InChI is InChI=1S/C21H20Cl2FN3O2/c1-11(2)17-13-7-12(18-15(22)10-26-20(23)27-18)8-16(24)19(13)25-9-14(17)21(28)3-5-29-6-4-21/h7-11,28H,3-6H2,1-2H3. The molecule has 1 aromatic carbocycles. The molecule has 3 aromatic rings. The first-order valence-corrected chi connectivity index (χ1v) is 10.2. The average molecular weight is 436 g/mol. The fourth-order valence-corrected chi connectivity index (χ4v) is 4.27. The number of benzene rings is 1. The van der Waals surface area contributed by atoms with Crippen LogP contribution in [-0.4, -0.2) is 33.3 Å². The number of hydrogen-bond donors (Lipinski definition) is 1. The Kier molecular flexibility index (Phi) is 5.46. The van der Waals surface area contributed by atoms with Gasteiger partial charge in [0, 0.05) is 48.8 Å². The molecule has 0 unspecified atom stereocenters. The predicted molar refractivity (Wildman–Crippen MR) is 111 cm³/mol. The van der Waals surface area contributed by atoms with Crippen molar-refractivity contribution in [3.8, 4) is 11.3 Å². The number of halogens is 3. The summed E-state index contributed by atoms with van der Waals surface area (Å²) in [7, 11) is 0. The molecule has 0 spiro atoms. The van der Waals surface area contributed by atoms with Crippen molar-refractivity contribution in [3.63, 3.8) is 0 Å². The van der Waals surface area contributed by atoms with Crippen molar-refractivity contribution in [3.05, 3.63) is 51.8 Å². The van der Waals surface area contributed by atoms with E-state index in [1.807, 2.05) is 13.8 Å². The van der Waals surface area contributed by atoms with Crippen molar-refractivity contribution in [2.24, 2.45) is 0 Å². The summed E-state index contributed by atoms with van der Waals surface area (Å²) in [6.07, 6.45) is 3.92. The smallest absolute Gasteiger partial charge is 0.222 e. The third-order valence-corrected chi connectivity index (χ3v) is 5.81. The molecule has 29 heavy (non-hydrogen) atoms. The number of aliphatic hydroxyl groups is 1. The second-order valence-electron chi connectivity index (χ2n) is 7.57. The van der Waals surface area contributed by atoms with Gasteiger partial charge in [-0.25, -0.2) is 14.4 Å². The first kappa shape index (κ1) is 20.4. The van der Waals surface area contributed by atoms with E-state index in [1.165, 1.54) is 12.3 Å². The van der Waals surface area contributed by atoms with Crippen LogP contribution in [0, 0.1) is 5.82 Å². The van der Waals surface area contributed by atoms with Crippen molar-refractivity contribution in [2.45, 2.75) is 38.2 Å². The summed E-state index contributed by atoms with van der Waals surface area (Å²) in [5.41, 5.74) is 1.58. The van der Waals surface area contributed by atoms with E-state index in [-0.39, 0.29) is 21.7 Å². The number of ether oxygens (including phenoxy) is 1. The highest BCUT2D eigenvalue weighted by molar-refractivity contribution is 6.33. The van der Waals surface area contributed by atoms with E-state index in [9.17, 15) is 5.11 Å². The van der Waals surface area contributed by atoms with E-state index in [2.05, 4.69) is 15.0 Å². The third-order valence-electron chi connectivity index (χ3n) is 5.35. The van der Waals surface area contributed by atoms with Gasteiger partial charge in [-0.05, 0) is 35.2 Å². The number of rotatable bonds is 3. The molecule has 0 amide bonds. The van der Waals surface area contributed by atoms with E-state index in [0.29, 0.717) is 48.3 Å². The number of nitrogens with zero attached hydrogens (tertiary/aromatic N) is 3. The minimum absolute atomic E-state index is 0.0254. The molecule has 0 saturated carbocycles. The molecule has 1 saturated heterocycles. The molecule has 1 aliphatic heterocycles. The maximum atomic E-state index is 15.0. The summed E-state index contributed by atoms with van der Waals surface area (Å²) >= 11 is 12.2. The highest BCUT2D eigenvalue weighted by Gasteiger charge is 2.35. The molecule has 1 aliphatic rings. The molecular formula is C21H20Cl2FN3O2. The highest BCUT2D eigenvalue weighted by atomic mass is 35.5. The molecule has 0 atom stereocenters. The Morgan fingerprint density at radius 2 is 1.86 bits per heavy atom. The van der Waals surface area contributed by atoms with Gasteiger partial charge in [-0.15, -0.1) is 0 Å². The van der Waals surface area contributed by atoms with Crippen LogP contribution in [0.1, 0.15) is 43.7 Å². The number of fused-ring (bicyclic) bond motifs is 1. The molecule has 2 aromatic heterocycles. The van der Waals surface area contributed by atoms with E-state index >= 15 is 4.39 Å². The molecule has 1 fully saturated rings. The largest absolute Gasteiger partial charge is 0.385 e. The zero-order valence-electron chi connectivity index (χ0n) is 16.0. The van der Waals surface area contributed by atoms with Crippen molar-refractivity contribution < 1.29 is 14.2 Å². The molecule has 5 nitrogen and oxygen atoms in total. The summed E-state index contributed by atoms with van der Waals surface area (Å²) in [5.74, 6) is -0.461. The van der Waals surface area contributed by atoms with Crippen LogP contribution >= 0.6 is 23.2 Å². The Morgan fingerprint density at radius 1 is 1.14 bits per heavy atom. The second-order valence-corrected chi connectivity index (χ2v) is 8.32. The van der Waals surface area contributed by atoms with Crippen LogP contribution in [0.3, 0.4) is 0 Å². The fraction of sp³-hybridized carbons (Fsp3) is 0.381. The van der Waals surface area contributed by atoms with Crippen LogP contribution < -0.4 is 0 Å². The minimum Gasteiger partial charge on any atom is -0.385 e. The lowest BCUT2D eigenvalue weighted by molar-refractivity contribution is -0.0686. The highest BCUT2D eigenvalue weighted by Crippen LogP contribution is 2.41. The quantitative estimate of drug-likeness (QED) is 0.568. The first-order chi connectivity index (χ1) is 13.8. The van der Waals surface area contributed by atoms with Crippen molar-refractivity contribution in [2.75, 3.05) is 13.2 Å². The van der Waals surface area contributed by atoms with Gasteiger partial charge in [0.05, 0.1) is 22.5 Å². The van der Waals surface area contributed by atoms with E-state index in [0.717, 1.165) is 5.56 Å². The van der Waals surface area contributed by atoms with Crippen molar-refractivity contribution in [1.82, 2.24) is 15.0 Å². The molecule has 1 N–H and O–H groups in total. The van der Waals surface area contributed by atoms with E-state index in [4.69, 9.17) is 27.9 Å². The predicted octanol–water partition coefficient (Wildman–Crippen LogP) is 5.26. The van der Waals surface area contributed by atoms with Crippen LogP contribution in [0.15, 0.2) is 24.5 Å². The lowest BCUT2D eigenvalue weighted by Gasteiger charge is -2.35. The van der Waals surface area contributed by atoms with Crippen molar-refractivity contribution >= 4 is 34.1 Å². The van der Waals surface area contributed by atoms with Gasteiger partial charge in [0.15, 0.2) is 0 Å². The molecule has 0 bridgehead atoms. The van der Waals surface area contributed by atoms with Crippen molar-refractivity contribution in [1.29, 1.82) is 0 Å². The molecule has 0 radical (unpaired) electrons. The van der Waals surface area contributed by atoms with Gasteiger partial charge >= 0.3 is 0 Å². The van der Waals surface area contributed by atoms with Crippen LogP contribution in [0.2, 0.25) is 10.3 Å². The number of pyridine rings is 1. The van der Waals surface area contributed by atoms with Gasteiger partial charge in [0.2, 0.25) is 5.28 Å². The Labute approximate surface area is 177 Å². The summed E-state index contributed by atoms with van der Waals surface area (Å²) in [4.78, 5) is 12.4. The Balaban J connectivity index is 2.00. The fourth-order valence-electron chi connectivity index (χ4n) is 3.94. The minimum atomic E-state index is -1.05. The average Bonchev–Trinajstić information content (AvgIpc) is 2.69.